The van der Waals surface area contributed by atoms with E-state index in [1.165, 1.54) is 16.0 Å². The lowest BCUT2D eigenvalue weighted by atomic mass is 9.96. The quantitative estimate of drug-likeness (QED) is 0.161. The topological polar surface area (TPSA) is 106 Å². The van der Waals surface area contributed by atoms with Gasteiger partial charge >= 0.3 is 17.8 Å². The summed E-state index contributed by atoms with van der Waals surface area (Å²) in [5, 5.41) is 0. The van der Waals surface area contributed by atoms with E-state index in [4.69, 9.17) is 14.2 Å². The summed E-state index contributed by atoms with van der Waals surface area (Å²) >= 11 is 0. The standard InChI is InChI=1S/C34H33N5O6/c40-30(39-29-12-11-28(38-14-13-35-24-38)21-27(29)22-34(39)44-32(41)33(42)45-34)23-43-20-19-36-15-17-37(18-16-36)31(25-7-3-1-4-8-25)26-9-5-2-6-10-26/h1-14,21,24,31H,15-20,22-23H2. The van der Waals surface area contributed by atoms with Crippen LogP contribution in [0.4, 0.5) is 5.69 Å². The minimum Gasteiger partial charge on any atom is -0.394 e. The van der Waals surface area contributed by atoms with E-state index in [0.29, 0.717) is 24.4 Å². The molecule has 2 fully saturated rings. The number of imidazole rings is 1. The molecular weight excluding hydrogens is 574 g/mol. The zero-order chi connectivity index (χ0) is 30.8. The number of benzene rings is 3. The van der Waals surface area contributed by atoms with Gasteiger partial charge in [-0.3, -0.25) is 14.6 Å². The summed E-state index contributed by atoms with van der Waals surface area (Å²) in [6.07, 6.45) is 5.13. The number of ether oxygens (including phenoxy) is 3. The maximum Gasteiger partial charge on any atom is 0.422 e. The minimum absolute atomic E-state index is 0.0192. The Morgan fingerprint density at radius 1 is 0.889 bits per heavy atom. The lowest BCUT2D eigenvalue weighted by molar-refractivity contribution is -0.178. The molecule has 11 heteroatoms. The highest BCUT2D eigenvalue weighted by Crippen LogP contribution is 2.44. The molecule has 1 aromatic heterocycles. The Balaban J connectivity index is 0.963. The molecule has 0 atom stereocenters. The zero-order valence-electron chi connectivity index (χ0n) is 24.7. The molecule has 4 aromatic rings. The van der Waals surface area contributed by atoms with Gasteiger partial charge in [0, 0.05) is 50.8 Å². The molecule has 3 aromatic carbocycles. The molecule has 1 amide bonds. The van der Waals surface area contributed by atoms with E-state index in [-0.39, 0.29) is 19.1 Å². The molecule has 3 aliphatic rings. The van der Waals surface area contributed by atoms with Gasteiger partial charge in [-0.15, -0.1) is 0 Å². The smallest absolute Gasteiger partial charge is 0.394 e. The van der Waals surface area contributed by atoms with Crippen molar-refractivity contribution in [3.8, 4) is 5.69 Å². The maximum absolute atomic E-state index is 13.5. The number of carbonyl (C=O) groups excluding carboxylic acids is 3. The average molecular weight is 608 g/mol. The van der Waals surface area contributed by atoms with Crippen LogP contribution in [-0.4, -0.2) is 89.0 Å². The molecule has 0 unspecified atom stereocenters. The molecule has 1 spiro atoms. The van der Waals surface area contributed by atoms with Crippen LogP contribution < -0.4 is 4.90 Å². The monoisotopic (exact) mass is 607 g/mol. The number of fused-ring (bicyclic) bond motifs is 1. The van der Waals surface area contributed by atoms with E-state index < -0.39 is 23.8 Å². The third-order valence-electron chi connectivity index (χ3n) is 8.56. The van der Waals surface area contributed by atoms with Crippen LogP contribution in [-0.2, 0) is 35.0 Å². The molecule has 11 nitrogen and oxygen atoms in total. The molecule has 3 aliphatic heterocycles. The maximum atomic E-state index is 13.5. The van der Waals surface area contributed by atoms with Gasteiger partial charge in [-0.25, -0.2) is 19.5 Å². The summed E-state index contributed by atoms with van der Waals surface area (Å²) < 4.78 is 18.4. The molecule has 0 radical (unpaired) electrons. The second kappa shape index (κ2) is 12.3. The number of carbonyl (C=O) groups is 3. The summed E-state index contributed by atoms with van der Waals surface area (Å²) in [6, 6.07) is 26.8. The number of amides is 1. The van der Waals surface area contributed by atoms with Crippen LogP contribution in [0.3, 0.4) is 0 Å². The van der Waals surface area contributed by atoms with E-state index in [1.54, 1.807) is 24.8 Å². The number of hydrogen-bond donors (Lipinski definition) is 0. The lowest BCUT2D eigenvalue weighted by Crippen LogP contribution is -2.53. The van der Waals surface area contributed by atoms with Crippen LogP contribution in [0, 0.1) is 0 Å². The van der Waals surface area contributed by atoms with Crippen molar-refractivity contribution in [2.24, 2.45) is 0 Å². The predicted octanol–water partition coefficient (Wildman–Crippen LogP) is 2.94. The number of aromatic nitrogens is 2. The number of hydrogen-bond acceptors (Lipinski definition) is 9. The molecular formula is C34H33N5O6. The van der Waals surface area contributed by atoms with Gasteiger partial charge in [0.15, 0.2) is 0 Å². The summed E-state index contributed by atoms with van der Waals surface area (Å²) in [7, 11) is 0. The molecule has 0 saturated carbocycles. The number of piperazine rings is 1. The highest BCUT2D eigenvalue weighted by Gasteiger charge is 2.59. The molecule has 7 rings (SSSR count). The van der Waals surface area contributed by atoms with Gasteiger partial charge in [0.05, 0.1) is 31.1 Å². The highest BCUT2D eigenvalue weighted by atomic mass is 16.8. The van der Waals surface area contributed by atoms with Gasteiger partial charge in [-0.2, -0.15) is 0 Å². The Kier molecular flexibility index (Phi) is 7.88. The van der Waals surface area contributed by atoms with E-state index in [2.05, 4.69) is 63.3 Å². The van der Waals surface area contributed by atoms with Crippen LogP contribution >= 0.6 is 0 Å². The summed E-state index contributed by atoms with van der Waals surface area (Å²) in [6.45, 7) is 4.31. The Bertz CT molecular complexity index is 1620. The largest absolute Gasteiger partial charge is 0.422 e. The van der Waals surface area contributed by atoms with Crippen LogP contribution in [0.1, 0.15) is 22.7 Å². The molecule has 0 bridgehead atoms. The van der Waals surface area contributed by atoms with Crippen molar-refractivity contribution in [2.45, 2.75) is 18.4 Å². The fraction of sp³-hybridized carbons (Fsp3) is 0.294. The molecule has 45 heavy (non-hydrogen) atoms. The summed E-state index contributed by atoms with van der Waals surface area (Å²) in [5.41, 5.74) is 4.55. The van der Waals surface area contributed by atoms with Gasteiger partial charge in [0.25, 0.3) is 5.91 Å². The van der Waals surface area contributed by atoms with Crippen molar-refractivity contribution in [1.82, 2.24) is 19.4 Å². The fourth-order valence-corrected chi connectivity index (χ4v) is 6.44. The van der Waals surface area contributed by atoms with Crippen LogP contribution in [0.2, 0.25) is 0 Å². The summed E-state index contributed by atoms with van der Waals surface area (Å²) in [5.74, 6) is -4.57. The second-order valence-corrected chi connectivity index (χ2v) is 11.3. The Labute approximate surface area is 260 Å². The van der Waals surface area contributed by atoms with Gasteiger partial charge in [-0.1, -0.05) is 60.7 Å². The van der Waals surface area contributed by atoms with Crippen molar-refractivity contribution in [2.75, 3.05) is 50.8 Å². The van der Waals surface area contributed by atoms with Crippen LogP contribution in [0.25, 0.3) is 5.69 Å². The number of anilines is 1. The second-order valence-electron chi connectivity index (χ2n) is 11.3. The third kappa shape index (κ3) is 5.73. The highest BCUT2D eigenvalue weighted by molar-refractivity contribution is 6.31. The zero-order valence-corrected chi connectivity index (χ0v) is 24.7. The van der Waals surface area contributed by atoms with E-state index in [0.717, 1.165) is 31.9 Å². The van der Waals surface area contributed by atoms with Crippen molar-refractivity contribution in [3.05, 3.63) is 114 Å². The van der Waals surface area contributed by atoms with Crippen molar-refractivity contribution in [3.63, 3.8) is 0 Å². The number of esters is 2. The van der Waals surface area contributed by atoms with Crippen molar-refractivity contribution < 1.29 is 28.6 Å². The van der Waals surface area contributed by atoms with Gasteiger partial charge in [-0.05, 0) is 34.9 Å². The first-order valence-electron chi connectivity index (χ1n) is 15.1. The SMILES string of the molecule is O=C1OC2(Cc3cc(-n4ccnc4)ccc3N2C(=O)COCCN2CCN(C(c3ccccc3)c3ccccc3)CC2)OC1=O. The first kappa shape index (κ1) is 28.9. The van der Waals surface area contributed by atoms with E-state index in [9.17, 15) is 14.4 Å². The normalized spacial score (nSPS) is 17.9. The molecule has 0 aliphatic carbocycles. The lowest BCUT2D eigenvalue weighted by Gasteiger charge is -2.39. The van der Waals surface area contributed by atoms with E-state index in [1.807, 2.05) is 28.8 Å². The van der Waals surface area contributed by atoms with Gasteiger partial charge < -0.3 is 18.8 Å². The molecule has 2 saturated heterocycles. The predicted molar refractivity (Wildman–Crippen MR) is 163 cm³/mol. The first-order chi connectivity index (χ1) is 22.0. The van der Waals surface area contributed by atoms with E-state index >= 15 is 0 Å². The van der Waals surface area contributed by atoms with Crippen molar-refractivity contribution >= 4 is 23.5 Å². The fourth-order valence-electron chi connectivity index (χ4n) is 6.44. The molecule has 4 heterocycles. The Morgan fingerprint density at radius 3 is 2.18 bits per heavy atom. The van der Waals surface area contributed by atoms with Crippen molar-refractivity contribution in [1.29, 1.82) is 0 Å². The first-order valence-corrected chi connectivity index (χ1v) is 15.1. The van der Waals surface area contributed by atoms with Crippen LogP contribution in [0.5, 0.6) is 0 Å². The Hall–Kier alpha value is -4.84. The number of rotatable bonds is 9. The third-order valence-corrected chi connectivity index (χ3v) is 8.56. The molecule has 230 valence electrons. The van der Waals surface area contributed by atoms with Gasteiger partial charge in [0.2, 0.25) is 0 Å². The number of nitrogens with zero attached hydrogens (tertiary/aromatic N) is 5. The minimum atomic E-state index is -1.85. The molecule has 0 N–H and O–H groups in total. The summed E-state index contributed by atoms with van der Waals surface area (Å²) in [4.78, 5) is 47.8. The van der Waals surface area contributed by atoms with Gasteiger partial charge in [0.1, 0.15) is 6.61 Å². The Morgan fingerprint density at radius 2 is 1.56 bits per heavy atom. The van der Waals surface area contributed by atoms with Crippen LogP contribution in [0.15, 0.2) is 97.6 Å². The average Bonchev–Trinajstić information content (AvgIpc) is 3.78.